The van der Waals surface area contributed by atoms with Crippen LogP contribution in [0.1, 0.15) is 38.4 Å². The Bertz CT molecular complexity index is 528. The average molecular weight is 318 g/mol. The van der Waals surface area contributed by atoms with Crippen LogP contribution >= 0.6 is 0 Å². The third kappa shape index (κ3) is 5.39. The monoisotopic (exact) mass is 318 g/mol. The topological polar surface area (TPSA) is 96.1 Å². The molecule has 0 aliphatic heterocycles. The summed E-state index contributed by atoms with van der Waals surface area (Å²) in [4.78, 5) is 0. The summed E-state index contributed by atoms with van der Waals surface area (Å²) in [6, 6.07) is 0. The number of hydrogen-bond donors (Lipinski definition) is 3. The van der Waals surface area contributed by atoms with Gasteiger partial charge in [0, 0.05) is 31.0 Å². The number of aromatic amines is 1. The Kier molecular flexibility index (Phi) is 7.30. The van der Waals surface area contributed by atoms with Crippen molar-refractivity contribution in [1.29, 1.82) is 0 Å². The molecule has 7 nitrogen and oxygen atoms in total. The highest BCUT2D eigenvalue weighted by Crippen LogP contribution is 2.16. The summed E-state index contributed by atoms with van der Waals surface area (Å²) < 4.78 is 32.5. The molecule has 0 aromatic carbocycles. The van der Waals surface area contributed by atoms with Crippen molar-refractivity contribution >= 4 is 10.0 Å². The fourth-order valence-electron chi connectivity index (χ4n) is 1.89. The number of nitrogens with one attached hydrogen (secondary N) is 3. The Morgan fingerprint density at radius 2 is 2.10 bits per heavy atom. The second-order valence-electron chi connectivity index (χ2n) is 4.93. The van der Waals surface area contributed by atoms with Crippen LogP contribution in [0.3, 0.4) is 0 Å². The number of H-pyrrole nitrogens is 1. The fourth-order valence-corrected chi connectivity index (χ4v) is 3.20. The highest BCUT2D eigenvalue weighted by molar-refractivity contribution is 7.89. The van der Waals surface area contributed by atoms with Gasteiger partial charge in [-0.05, 0) is 33.7 Å². The molecule has 0 saturated heterocycles. The van der Waals surface area contributed by atoms with Crippen LogP contribution in [0.2, 0.25) is 0 Å². The first-order valence-electron chi connectivity index (χ1n) is 7.28. The molecule has 0 bridgehead atoms. The Labute approximate surface area is 126 Å². The minimum Gasteiger partial charge on any atom is -0.377 e. The zero-order valence-corrected chi connectivity index (χ0v) is 14.0. The van der Waals surface area contributed by atoms with Gasteiger partial charge in [0.25, 0.3) is 10.0 Å². The molecule has 0 spiro atoms. The molecule has 0 radical (unpaired) electrons. The van der Waals surface area contributed by atoms with Gasteiger partial charge >= 0.3 is 0 Å². The van der Waals surface area contributed by atoms with Crippen LogP contribution in [0.5, 0.6) is 0 Å². The number of aromatic nitrogens is 2. The van der Waals surface area contributed by atoms with Gasteiger partial charge in [0.05, 0.1) is 6.10 Å². The number of sulfonamides is 1. The maximum Gasteiger partial charge on any atom is 0.260 e. The van der Waals surface area contributed by atoms with Crippen LogP contribution < -0.4 is 10.0 Å². The molecule has 3 N–H and O–H groups in total. The molecule has 1 unspecified atom stereocenters. The second-order valence-corrected chi connectivity index (χ2v) is 6.61. The first-order valence-corrected chi connectivity index (χ1v) is 8.76. The Morgan fingerprint density at radius 3 is 2.71 bits per heavy atom. The van der Waals surface area contributed by atoms with Gasteiger partial charge in [-0.2, -0.15) is 5.10 Å². The predicted octanol–water partition coefficient (Wildman–Crippen LogP) is 0.921. The van der Waals surface area contributed by atoms with Gasteiger partial charge in [-0.3, -0.25) is 5.10 Å². The highest BCUT2D eigenvalue weighted by atomic mass is 32.2. The summed E-state index contributed by atoms with van der Waals surface area (Å²) >= 11 is 0. The van der Waals surface area contributed by atoms with Gasteiger partial charge in [0.15, 0.2) is 5.03 Å². The van der Waals surface area contributed by atoms with Crippen molar-refractivity contribution in [3.05, 3.63) is 11.3 Å². The summed E-state index contributed by atoms with van der Waals surface area (Å²) in [7, 11) is -3.63. The molecule has 1 atom stereocenters. The van der Waals surface area contributed by atoms with Crippen molar-refractivity contribution in [3.63, 3.8) is 0 Å². The summed E-state index contributed by atoms with van der Waals surface area (Å²) in [6.45, 7) is 9.67. The third-order valence-corrected chi connectivity index (χ3v) is 4.42. The average Bonchev–Trinajstić information content (AvgIpc) is 2.80. The minimum absolute atomic E-state index is 0.0623. The number of ether oxygens (including phenoxy) is 1. The second kappa shape index (κ2) is 8.47. The number of nitrogens with zero attached hydrogens (tertiary/aromatic N) is 1. The Balaban J connectivity index is 2.78. The standard InChI is InChI=1S/C13H26N4O3S/c1-5-7-14-9-12-11(4)16-17-13(12)21(18,19)15-8-10(3)20-6-2/h10,14-15H,5-9H2,1-4H3,(H,16,17). The smallest absolute Gasteiger partial charge is 0.260 e. The Hall–Kier alpha value is -0.960. The van der Waals surface area contributed by atoms with Crippen molar-refractivity contribution in [3.8, 4) is 0 Å². The SMILES string of the molecule is CCCNCc1c(S(=O)(=O)NCC(C)OCC)n[nH]c1C. The molecule has 0 aliphatic rings. The normalized spacial score (nSPS) is 13.5. The molecule has 122 valence electrons. The van der Waals surface area contributed by atoms with Crippen molar-refractivity contribution in [2.24, 2.45) is 0 Å². The Morgan fingerprint density at radius 1 is 1.38 bits per heavy atom. The van der Waals surface area contributed by atoms with Gasteiger partial charge in [-0.1, -0.05) is 6.92 Å². The van der Waals surface area contributed by atoms with Crippen LogP contribution in [0.15, 0.2) is 5.03 Å². The minimum atomic E-state index is -3.63. The maximum absolute atomic E-state index is 12.3. The fraction of sp³-hybridized carbons (Fsp3) is 0.769. The predicted molar refractivity (Wildman–Crippen MR) is 81.6 cm³/mol. The molecule has 1 heterocycles. The van der Waals surface area contributed by atoms with Gasteiger partial charge < -0.3 is 10.1 Å². The summed E-state index contributed by atoms with van der Waals surface area (Å²) in [5.74, 6) is 0. The van der Waals surface area contributed by atoms with Gasteiger partial charge in [-0.25, -0.2) is 13.1 Å². The molecular formula is C13H26N4O3S. The van der Waals surface area contributed by atoms with Crippen molar-refractivity contribution in [2.45, 2.75) is 51.8 Å². The van der Waals surface area contributed by atoms with E-state index in [2.05, 4.69) is 27.2 Å². The molecule has 0 amide bonds. The van der Waals surface area contributed by atoms with Crippen LogP contribution in [-0.2, 0) is 21.3 Å². The lowest BCUT2D eigenvalue weighted by atomic mass is 10.2. The molecule has 1 aromatic rings. The number of aryl methyl sites for hydroxylation is 1. The molecule has 21 heavy (non-hydrogen) atoms. The van der Waals surface area contributed by atoms with E-state index >= 15 is 0 Å². The quantitative estimate of drug-likeness (QED) is 0.558. The first-order chi connectivity index (χ1) is 9.92. The molecule has 0 fully saturated rings. The lowest BCUT2D eigenvalue weighted by molar-refractivity contribution is 0.0799. The van der Waals surface area contributed by atoms with Crippen molar-refractivity contribution in [2.75, 3.05) is 19.7 Å². The van der Waals surface area contributed by atoms with E-state index in [4.69, 9.17) is 4.74 Å². The summed E-state index contributed by atoms with van der Waals surface area (Å²) in [5, 5.41) is 9.94. The van der Waals surface area contributed by atoms with Crippen LogP contribution in [0, 0.1) is 6.92 Å². The van der Waals surface area contributed by atoms with E-state index in [1.807, 2.05) is 20.8 Å². The number of hydrogen-bond acceptors (Lipinski definition) is 5. The van der Waals surface area contributed by atoms with Crippen LogP contribution in [0.4, 0.5) is 0 Å². The lowest BCUT2D eigenvalue weighted by Gasteiger charge is -2.13. The number of rotatable bonds is 10. The maximum atomic E-state index is 12.3. The molecule has 0 saturated carbocycles. The van der Waals surface area contributed by atoms with Crippen molar-refractivity contribution < 1.29 is 13.2 Å². The van der Waals surface area contributed by atoms with E-state index in [1.165, 1.54) is 0 Å². The molecular weight excluding hydrogens is 292 g/mol. The largest absolute Gasteiger partial charge is 0.377 e. The molecule has 1 rings (SSSR count). The van der Waals surface area contributed by atoms with Crippen LogP contribution in [0.25, 0.3) is 0 Å². The van der Waals surface area contributed by atoms with Gasteiger partial charge in [0.2, 0.25) is 0 Å². The van der Waals surface area contributed by atoms with Crippen LogP contribution in [-0.4, -0.2) is 44.4 Å². The molecule has 0 aliphatic carbocycles. The highest BCUT2D eigenvalue weighted by Gasteiger charge is 2.23. The summed E-state index contributed by atoms with van der Waals surface area (Å²) in [6.07, 6.45) is 0.815. The van der Waals surface area contributed by atoms with E-state index in [0.717, 1.165) is 18.7 Å². The molecule has 1 aromatic heterocycles. The van der Waals surface area contributed by atoms with E-state index in [0.29, 0.717) is 18.7 Å². The van der Waals surface area contributed by atoms with E-state index in [1.54, 1.807) is 0 Å². The van der Waals surface area contributed by atoms with E-state index in [9.17, 15) is 8.42 Å². The third-order valence-electron chi connectivity index (χ3n) is 3.03. The van der Waals surface area contributed by atoms with Gasteiger partial charge in [-0.15, -0.1) is 0 Å². The zero-order chi connectivity index (χ0) is 15.9. The van der Waals surface area contributed by atoms with E-state index < -0.39 is 10.0 Å². The zero-order valence-electron chi connectivity index (χ0n) is 13.2. The van der Waals surface area contributed by atoms with Crippen molar-refractivity contribution in [1.82, 2.24) is 20.2 Å². The lowest BCUT2D eigenvalue weighted by Crippen LogP contribution is -2.33. The first kappa shape index (κ1) is 18.1. The molecule has 8 heteroatoms. The summed E-state index contributed by atoms with van der Waals surface area (Å²) in [5.41, 5.74) is 1.44. The van der Waals surface area contributed by atoms with E-state index in [-0.39, 0.29) is 17.7 Å². The van der Waals surface area contributed by atoms with Gasteiger partial charge in [0.1, 0.15) is 0 Å².